The van der Waals surface area contributed by atoms with Gasteiger partial charge >= 0.3 is 0 Å². The molecule has 0 saturated carbocycles. The van der Waals surface area contributed by atoms with Gasteiger partial charge in [0.2, 0.25) is 0 Å². The maximum absolute atomic E-state index is 13.8. The van der Waals surface area contributed by atoms with Crippen LogP contribution in [0.5, 0.6) is 5.75 Å². The molecule has 0 radical (unpaired) electrons. The van der Waals surface area contributed by atoms with Gasteiger partial charge in [-0.2, -0.15) is 0 Å². The maximum atomic E-state index is 13.8. The average molecular weight is 447 g/mol. The van der Waals surface area contributed by atoms with Crippen LogP contribution in [0.1, 0.15) is 29.7 Å². The fourth-order valence-corrected chi connectivity index (χ4v) is 3.77. The molecular weight excluding hydrogens is 426 g/mol. The van der Waals surface area contributed by atoms with Gasteiger partial charge in [0.15, 0.2) is 17.4 Å². The van der Waals surface area contributed by atoms with Crippen molar-refractivity contribution in [3.63, 3.8) is 0 Å². The van der Waals surface area contributed by atoms with Crippen LogP contribution < -0.4 is 0 Å². The molecule has 10 heteroatoms. The van der Waals surface area contributed by atoms with E-state index in [0.29, 0.717) is 0 Å². The van der Waals surface area contributed by atoms with Crippen molar-refractivity contribution in [2.45, 2.75) is 43.0 Å². The molecule has 1 aliphatic rings. The number of rotatable bonds is 4. The summed E-state index contributed by atoms with van der Waals surface area (Å²) in [5.74, 6) is -3.73. The van der Waals surface area contributed by atoms with Crippen LogP contribution in [0.3, 0.4) is 0 Å². The van der Waals surface area contributed by atoms with Crippen LogP contribution in [0, 0.1) is 11.6 Å². The number of aromatic hydroxyl groups is 1. The van der Waals surface area contributed by atoms with Gasteiger partial charge in [0.05, 0.1) is 6.61 Å². The number of hydrogen-bond acceptors (Lipinski definition) is 7. The number of phenols is 1. The van der Waals surface area contributed by atoms with Crippen molar-refractivity contribution in [3.05, 3.63) is 63.7 Å². The number of hydrogen-bond donors (Lipinski definition) is 6. The molecule has 7 nitrogen and oxygen atoms in total. The molecule has 6 atom stereocenters. The zero-order valence-corrected chi connectivity index (χ0v) is 16.5. The van der Waals surface area contributed by atoms with Crippen molar-refractivity contribution in [2.75, 3.05) is 6.61 Å². The van der Waals surface area contributed by atoms with E-state index in [2.05, 4.69) is 0 Å². The highest BCUT2D eigenvalue weighted by Crippen LogP contribution is 2.40. The molecule has 1 aliphatic heterocycles. The molecule has 6 unspecified atom stereocenters. The van der Waals surface area contributed by atoms with Gasteiger partial charge in [0, 0.05) is 10.6 Å². The van der Waals surface area contributed by atoms with Crippen LogP contribution in [0.15, 0.2) is 30.3 Å². The molecule has 3 rings (SSSR count). The first-order chi connectivity index (χ1) is 14.0. The largest absolute Gasteiger partial charge is 0.503 e. The Morgan fingerprint density at radius 2 is 1.63 bits per heavy atom. The monoisotopic (exact) mass is 446 g/mol. The van der Waals surface area contributed by atoms with Crippen molar-refractivity contribution in [2.24, 2.45) is 0 Å². The quantitative estimate of drug-likeness (QED) is 0.414. The number of aliphatic hydroxyl groups is 5. The number of ether oxygens (including phenoxy) is 1. The summed E-state index contributed by atoms with van der Waals surface area (Å²) < 4.78 is 33.1. The minimum absolute atomic E-state index is 0.00289. The summed E-state index contributed by atoms with van der Waals surface area (Å²) in [6.07, 6.45) is -7.06. The molecule has 0 spiro atoms. The Morgan fingerprint density at radius 1 is 1.03 bits per heavy atom. The third-order valence-electron chi connectivity index (χ3n) is 5.31. The second kappa shape index (κ2) is 8.35. The van der Waals surface area contributed by atoms with Crippen LogP contribution in [-0.2, 0) is 10.3 Å². The predicted octanol–water partition coefficient (Wildman–Crippen LogP) is 1.09. The zero-order valence-electron chi connectivity index (χ0n) is 15.7. The summed E-state index contributed by atoms with van der Waals surface area (Å²) in [4.78, 5) is 0. The summed E-state index contributed by atoms with van der Waals surface area (Å²) in [6, 6.07) is 5.63. The smallest absolute Gasteiger partial charge is 0.187 e. The normalized spacial score (nSPS) is 28.9. The first-order valence-corrected chi connectivity index (χ1v) is 9.38. The van der Waals surface area contributed by atoms with E-state index in [0.717, 1.165) is 12.1 Å². The Morgan fingerprint density at radius 3 is 2.20 bits per heavy atom. The van der Waals surface area contributed by atoms with Gasteiger partial charge in [-0.05, 0) is 42.3 Å². The summed E-state index contributed by atoms with van der Waals surface area (Å²) in [5.41, 5.74) is -2.02. The lowest BCUT2D eigenvalue weighted by Crippen LogP contribution is -2.55. The first-order valence-electron chi connectivity index (χ1n) is 9.00. The number of benzene rings is 2. The van der Waals surface area contributed by atoms with Gasteiger partial charge in [-0.15, -0.1) is 0 Å². The highest BCUT2D eigenvalue weighted by atomic mass is 35.5. The predicted molar refractivity (Wildman–Crippen MR) is 101 cm³/mol. The Bertz CT molecular complexity index is 914. The van der Waals surface area contributed by atoms with Crippen LogP contribution >= 0.6 is 11.6 Å². The lowest BCUT2D eigenvalue weighted by molar-refractivity contribution is -0.231. The summed E-state index contributed by atoms with van der Waals surface area (Å²) in [6.45, 7) is 0.613. The molecule has 6 N–H and O–H groups in total. The highest BCUT2D eigenvalue weighted by Gasteiger charge is 2.44. The zero-order chi connectivity index (χ0) is 22.4. The fourth-order valence-electron chi connectivity index (χ4n) is 3.47. The van der Waals surface area contributed by atoms with E-state index in [1.807, 2.05) is 0 Å². The SMILES string of the molecule is CC(O)(c1cc(F)c(O)c(F)c1)c1cc(C2OC(CO)C(O)C(O)C2O)ccc1Cl. The molecule has 0 bridgehead atoms. The standard InChI is InChI=1S/C20H21ClF2O7/c1-20(29,9-5-12(22)15(25)13(23)6-9)10-4-8(2-3-11(10)21)19-18(28)17(27)16(26)14(7-24)30-19/h2-6,14,16-19,24-29H,7H2,1H3. The minimum atomic E-state index is -2.02. The lowest BCUT2D eigenvalue weighted by atomic mass is 9.85. The first kappa shape index (κ1) is 22.8. The van der Waals surface area contributed by atoms with Crippen molar-refractivity contribution in [1.82, 2.24) is 0 Å². The molecule has 164 valence electrons. The van der Waals surface area contributed by atoms with E-state index in [4.69, 9.17) is 16.3 Å². The van der Waals surface area contributed by atoms with Crippen LogP contribution in [0.2, 0.25) is 5.02 Å². The van der Waals surface area contributed by atoms with Crippen molar-refractivity contribution in [3.8, 4) is 5.75 Å². The van der Waals surface area contributed by atoms with Crippen molar-refractivity contribution < 1.29 is 44.2 Å². The van der Waals surface area contributed by atoms with Crippen LogP contribution in [0.4, 0.5) is 8.78 Å². The van der Waals surface area contributed by atoms with Gasteiger partial charge in [-0.1, -0.05) is 17.7 Å². The Kier molecular flexibility index (Phi) is 6.35. The summed E-state index contributed by atoms with van der Waals surface area (Å²) in [5, 5.41) is 59.9. The van der Waals surface area contributed by atoms with Gasteiger partial charge in [-0.25, -0.2) is 8.78 Å². The molecule has 0 amide bonds. The van der Waals surface area contributed by atoms with E-state index in [1.165, 1.54) is 25.1 Å². The molecule has 0 aromatic heterocycles. The minimum Gasteiger partial charge on any atom is -0.503 e. The molecule has 2 aromatic carbocycles. The number of phenolic OH excluding ortho intramolecular Hbond substituents is 1. The lowest BCUT2D eigenvalue weighted by Gasteiger charge is -2.40. The highest BCUT2D eigenvalue weighted by molar-refractivity contribution is 6.31. The van der Waals surface area contributed by atoms with Gasteiger partial charge in [0.25, 0.3) is 0 Å². The Hall–Kier alpha value is -1.85. The van der Waals surface area contributed by atoms with E-state index in [1.54, 1.807) is 0 Å². The Balaban J connectivity index is 2.05. The van der Waals surface area contributed by atoms with Crippen LogP contribution in [-0.4, -0.2) is 61.7 Å². The fraction of sp³-hybridized carbons (Fsp3) is 0.400. The van der Waals surface area contributed by atoms with E-state index < -0.39 is 60.1 Å². The second-order valence-corrected chi connectivity index (χ2v) is 7.76. The molecule has 0 aliphatic carbocycles. The summed E-state index contributed by atoms with van der Waals surface area (Å²) >= 11 is 6.19. The van der Waals surface area contributed by atoms with Crippen molar-refractivity contribution in [1.29, 1.82) is 0 Å². The third kappa shape index (κ3) is 3.90. The molecule has 1 fully saturated rings. The van der Waals surface area contributed by atoms with Crippen LogP contribution in [0.25, 0.3) is 0 Å². The second-order valence-electron chi connectivity index (χ2n) is 7.35. The molecular formula is C20H21ClF2O7. The van der Waals surface area contributed by atoms with Gasteiger partial charge in [-0.3, -0.25) is 0 Å². The van der Waals surface area contributed by atoms with E-state index in [9.17, 15) is 39.4 Å². The third-order valence-corrected chi connectivity index (χ3v) is 5.64. The van der Waals surface area contributed by atoms with Gasteiger partial charge < -0.3 is 35.4 Å². The van der Waals surface area contributed by atoms with E-state index >= 15 is 0 Å². The topological polar surface area (TPSA) is 131 Å². The Labute approximate surface area is 175 Å². The molecule has 2 aromatic rings. The maximum Gasteiger partial charge on any atom is 0.187 e. The average Bonchev–Trinajstić information content (AvgIpc) is 2.70. The van der Waals surface area contributed by atoms with Gasteiger partial charge in [0.1, 0.15) is 36.1 Å². The number of aliphatic hydroxyl groups excluding tert-OH is 4. The van der Waals surface area contributed by atoms with Crippen molar-refractivity contribution >= 4 is 11.6 Å². The van der Waals surface area contributed by atoms with E-state index in [-0.39, 0.29) is 21.7 Å². The number of halogens is 3. The molecule has 1 heterocycles. The molecule has 30 heavy (non-hydrogen) atoms. The summed E-state index contributed by atoms with van der Waals surface area (Å²) in [7, 11) is 0. The molecule has 1 saturated heterocycles.